The molecule has 4 nitrogen and oxygen atoms in total. The number of hydrogen-bond acceptors (Lipinski definition) is 4. The Kier molecular flexibility index (Phi) is 4.26. The third-order valence-corrected chi connectivity index (χ3v) is 4.62. The molecule has 2 aromatic rings. The van der Waals surface area contributed by atoms with Crippen molar-refractivity contribution >= 4 is 0 Å². The molecule has 0 radical (unpaired) electrons. The van der Waals surface area contributed by atoms with Crippen molar-refractivity contribution in [1.82, 2.24) is 5.32 Å². The molecule has 0 aliphatic carbocycles. The lowest BCUT2D eigenvalue weighted by molar-refractivity contribution is 0.112. The summed E-state index contributed by atoms with van der Waals surface area (Å²) < 4.78 is 30.4. The van der Waals surface area contributed by atoms with Crippen LogP contribution in [0.1, 0.15) is 24.5 Å². The van der Waals surface area contributed by atoms with Crippen molar-refractivity contribution in [2.24, 2.45) is 5.92 Å². The average molecular weight is 329 g/mol. The van der Waals surface area contributed by atoms with Crippen LogP contribution in [0.4, 0.5) is 4.39 Å². The minimum absolute atomic E-state index is 0.104. The fraction of sp³-hybridized carbons (Fsp3) is 0.368. The molecule has 1 unspecified atom stereocenters. The third kappa shape index (κ3) is 3.17. The van der Waals surface area contributed by atoms with Crippen molar-refractivity contribution < 1.29 is 18.6 Å². The molecule has 0 amide bonds. The van der Waals surface area contributed by atoms with Crippen molar-refractivity contribution in [3.8, 4) is 17.2 Å². The molecule has 0 bridgehead atoms. The summed E-state index contributed by atoms with van der Waals surface area (Å²) in [6, 6.07) is 12.2. The Labute approximate surface area is 140 Å². The van der Waals surface area contributed by atoms with E-state index < -0.39 is 0 Å². The largest absolute Gasteiger partial charge is 0.485 e. The molecule has 1 fully saturated rings. The maximum Gasteiger partial charge on any atom is 0.231 e. The van der Waals surface area contributed by atoms with Crippen molar-refractivity contribution in [2.45, 2.75) is 18.9 Å². The van der Waals surface area contributed by atoms with Gasteiger partial charge in [-0.25, -0.2) is 4.39 Å². The van der Waals surface area contributed by atoms with E-state index in [4.69, 9.17) is 14.2 Å². The van der Waals surface area contributed by atoms with Gasteiger partial charge in [0.15, 0.2) is 11.5 Å². The van der Waals surface area contributed by atoms with Gasteiger partial charge in [0.25, 0.3) is 0 Å². The van der Waals surface area contributed by atoms with E-state index in [1.807, 2.05) is 30.3 Å². The standard InChI is InChI=1S/C19H20FNO3/c20-15-3-1-13(2-4-15)19(14-7-9-21-10-8-14)24-16-5-6-17-18(11-16)23-12-22-17/h1-6,11,14,19,21H,7-10,12H2. The first kappa shape index (κ1) is 15.3. The first-order valence-electron chi connectivity index (χ1n) is 8.32. The number of benzene rings is 2. The predicted octanol–water partition coefficient (Wildman–Crippen LogP) is 3.67. The van der Waals surface area contributed by atoms with Crippen LogP contribution in [-0.2, 0) is 0 Å². The second-order valence-electron chi connectivity index (χ2n) is 6.19. The SMILES string of the molecule is Fc1ccc(C(Oc2ccc3c(c2)OCO3)C2CCNCC2)cc1. The highest BCUT2D eigenvalue weighted by Crippen LogP contribution is 2.39. The van der Waals surface area contributed by atoms with Crippen LogP contribution >= 0.6 is 0 Å². The Hall–Kier alpha value is -2.27. The molecule has 0 aromatic heterocycles. The zero-order valence-corrected chi connectivity index (χ0v) is 13.3. The highest BCUT2D eigenvalue weighted by Gasteiger charge is 2.27. The Morgan fingerprint density at radius 1 is 1.00 bits per heavy atom. The van der Waals surface area contributed by atoms with Crippen molar-refractivity contribution in [1.29, 1.82) is 0 Å². The number of hydrogen-bond donors (Lipinski definition) is 1. The molecular formula is C19H20FNO3. The maximum atomic E-state index is 13.3. The summed E-state index contributed by atoms with van der Waals surface area (Å²) in [7, 11) is 0. The van der Waals surface area contributed by atoms with Crippen molar-refractivity contribution in [3.63, 3.8) is 0 Å². The van der Waals surface area contributed by atoms with Gasteiger partial charge in [0, 0.05) is 12.0 Å². The molecule has 2 aliphatic rings. The molecule has 0 saturated carbocycles. The summed E-state index contributed by atoms with van der Waals surface area (Å²) in [6.45, 7) is 2.20. The molecular weight excluding hydrogens is 309 g/mol. The monoisotopic (exact) mass is 329 g/mol. The molecule has 126 valence electrons. The van der Waals surface area contributed by atoms with Crippen molar-refractivity contribution in [3.05, 3.63) is 53.8 Å². The van der Waals surface area contributed by atoms with E-state index in [0.717, 1.165) is 43.0 Å². The highest BCUT2D eigenvalue weighted by atomic mass is 19.1. The summed E-state index contributed by atoms with van der Waals surface area (Å²) in [5.74, 6) is 2.35. The minimum atomic E-state index is -0.231. The Morgan fingerprint density at radius 2 is 1.75 bits per heavy atom. The highest BCUT2D eigenvalue weighted by molar-refractivity contribution is 5.47. The van der Waals surface area contributed by atoms with Gasteiger partial charge in [0.1, 0.15) is 17.7 Å². The smallest absolute Gasteiger partial charge is 0.231 e. The fourth-order valence-electron chi connectivity index (χ4n) is 3.33. The van der Waals surface area contributed by atoms with E-state index in [1.54, 1.807) is 0 Å². The summed E-state index contributed by atoms with van der Waals surface area (Å²) in [6.07, 6.45) is 1.97. The first-order chi connectivity index (χ1) is 11.8. The number of rotatable bonds is 4. The van der Waals surface area contributed by atoms with E-state index >= 15 is 0 Å². The lowest BCUT2D eigenvalue weighted by Crippen LogP contribution is -2.32. The molecule has 1 saturated heterocycles. The van der Waals surface area contributed by atoms with E-state index in [0.29, 0.717) is 11.7 Å². The van der Waals surface area contributed by atoms with Gasteiger partial charge in [-0.1, -0.05) is 12.1 Å². The maximum absolute atomic E-state index is 13.3. The molecule has 2 aromatic carbocycles. The van der Waals surface area contributed by atoms with Gasteiger partial charge >= 0.3 is 0 Å². The molecule has 4 rings (SSSR count). The summed E-state index contributed by atoms with van der Waals surface area (Å²) >= 11 is 0. The third-order valence-electron chi connectivity index (χ3n) is 4.62. The van der Waals surface area contributed by atoms with Crippen LogP contribution in [-0.4, -0.2) is 19.9 Å². The van der Waals surface area contributed by atoms with E-state index in [1.165, 1.54) is 12.1 Å². The molecule has 1 N–H and O–H groups in total. The van der Waals surface area contributed by atoms with Crippen LogP contribution in [0.15, 0.2) is 42.5 Å². The Bertz CT molecular complexity index is 698. The van der Waals surface area contributed by atoms with Gasteiger partial charge in [-0.3, -0.25) is 0 Å². The van der Waals surface area contributed by atoms with Gasteiger partial charge in [-0.05, 0) is 55.8 Å². The lowest BCUT2D eigenvalue weighted by atomic mass is 9.88. The van der Waals surface area contributed by atoms with E-state index in [9.17, 15) is 4.39 Å². The number of ether oxygens (including phenoxy) is 3. The second kappa shape index (κ2) is 6.69. The number of halogens is 1. The molecule has 5 heteroatoms. The summed E-state index contributed by atoms with van der Waals surface area (Å²) in [5.41, 5.74) is 1.00. The Balaban J connectivity index is 1.60. The van der Waals surface area contributed by atoms with Crippen LogP contribution < -0.4 is 19.5 Å². The van der Waals surface area contributed by atoms with Crippen molar-refractivity contribution in [2.75, 3.05) is 19.9 Å². The first-order valence-corrected chi connectivity index (χ1v) is 8.32. The van der Waals surface area contributed by atoms with E-state index in [-0.39, 0.29) is 18.7 Å². The van der Waals surface area contributed by atoms with E-state index in [2.05, 4.69) is 5.32 Å². The van der Waals surface area contributed by atoms with Gasteiger partial charge in [-0.15, -0.1) is 0 Å². The predicted molar refractivity (Wildman–Crippen MR) is 87.9 cm³/mol. The quantitative estimate of drug-likeness (QED) is 0.929. The summed E-state index contributed by atoms with van der Waals surface area (Å²) in [5, 5.41) is 3.38. The average Bonchev–Trinajstić information content (AvgIpc) is 3.09. The normalized spacial score (nSPS) is 18.4. The van der Waals surface area contributed by atoms with Crippen LogP contribution in [0.5, 0.6) is 17.2 Å². The number of nitrogens with one attached hydrogen (secondary N) is 1. The molecule has 24 heavy (non-hydrogen) atoms. The van der Waals surface area contributed by atoms with Crippen LogP contribution in [0, 0.1) is 11.7 Å². The topological polar surface area (TPSA) is 39.7 Å². The molecule has 1 atom stereocenters. The zero-order chi connectivity index (χ0) is 16.4. The molecule has 0 spiro atoms. The second-order valence-corrected chi connectivity index (χ2v) is 6.19. The lowest BCUT2D eigenvalue weighted by Gasteiger charge is -2.31. The summed E-state index contributed by atoms with van der Waals surface area (Å²) in [4.78, 5) is 0. The van der Waals surface area contributed by atoms with Crippen LogP contribution in [0.25, 0.3) is 0 Å². The fourth-order valence-corrected chi connectivity index (χ4v) is 3.33. The number of fused-ring (bicyclic) bond motifs is 1. The Morgan fingerprint density at radius 3 is 2.54 bits per heavy atom. The minimum Gasteiger partial charge on any atom is -0.485 e. The van der Waals surface area contributed by atoms with Crippen LogP contribution in [0.3, 0.4) is 0 Å². The molecule has 2 heterocycles. The van der Waals surface area contributed by atoms with Gasteiger partial charge in [0.2, 0.25) is 6.79 Å². The van der Waals surface area contributed by atoms with Gasteiger partial charge < -0.3 is 19.5 Å². The van der Waals surface area contributed by atoms with Gasteiger partial charge in [-0.2, -0.15) is 0 Å². The van der Waals surface area contributed by atoms with Gasteiger partial charge in [0.05, 0.1) is 0 Å². The molecule has 2 aliphatic heterocycles. The van der Waals surface area contributed by atoms with Crippen LogP contribution in [0.2, 0.25) is 0 Å². The zero-order valence-electron chi connectivity index (χ0n) is 13.3. The number of piperidine rings is 1.